The molecule has 0 spiro atoms. The predicted octanol–water partition coefficient (Wildman–Crippen LogP) is 5.96. The zero-order valence-electron chi connectivity index (χ0n) is 15.9. The van der Waals surface area contributed by atoms with Crippen molar-refractivity contribution in [3.8, 4) is 21.1 Å². The maximum absolute atomic E-state index is 10.9. The van der Waals surface area contributed by atoms with Gasteiger partial charge in [-0.05, 0) is 54.1 Å². The van der Waals surface area contributed by atoms with E-state index in [1.165, 1.54) is 12.1 Å². The van der Waals surface area contributed by atoms with Crippen LogP contribution in [0.3, 0.4) is 0 Å². The Morgan fingerprint density at radius 3 is 2.23 bits per heavy atom. The van der Waals surface area contributed by atoms with Gasteiger partial charge >= 0.3 is 0 Å². The number of benzene rings is 2. The van der Waals surface area contributed by atoms with Gasteiger partial charge in [0.1, 0.15) is 5.82 Å². The second kappa shape index (κ2) is 6.68. The van der Waals surface area contributed by atoms with Crippen LogP contribution in [0.25, 0.3) is 54.0 Å². The van der Waals surface area contributed by atoms with Gasteiger partial charge in [-0.1, -0.05) is 0 Å². The lowest BCUT2D eigenvalue weighted by molar-refractivity contribution is -0.384. The summed E-state index contributed by atoms with van der Waals surface area (Å²) >= 11 is 1.58. The summed E-state index contributed by atoms with van der Waals surface area (Å²) < 4.78 is 0. The summed E-state index contributed by atoms with van der Waals surface area (Å²) in [5.41, 5.74) is 4.49. The minimum atomic E-state index is -0.392. The lowest BCUT2D eigenvalue weighted by Gasteiger charge is -2.03. The molecule has 6 aromatic rings. The number of hydrogen-bond donors (Lipinski definition) is 1. The van der Waals surface area contributed by atoms with Gasteiger partial charge in [-0.3, -0.25) is 20.1 Å². The van der Waals surface area contributed by atoms with Crippen LogP contribution in [-0.4, -0.2) is 24.9 Å². The van der Waals surface area contributed by atoms with Crippen LogP contribution in [0.5, 0.6) is 0 Å². The largest absolute Gasteiger partial charge is 0.337 e. The van der Waals surface area contributed by atoms with Crippen LogP contribution >= 0.6 is 11.3 Å². The first-order chi connectivity index (χ1) is 15.2. The number of aromatic amines is 1. The topological polar surface area (TPSA) is 97.6 Å². The number of non-ortho nitro benzene ring substituents is 1. The fourth-order valence-corrected chi connectivity index (χ4v) is 4.78. The molecule has 0 aliphatic rings. The van der Waals surface area contributed by atoms with E-state index in [9.17, 15) is 10.1 Å². The van der Waals surface area contributed by atoms with E-state index in [-0.39, 0.29) is 5.69 Å². The van der Waals surface area contributed by atoms with Crippen molar-refractivity contribution in [1.82, 2.24) is 19.9 Å². The van der Waals surface area contributed by atoms with Gasteiger partial charge in [0, 0.05) is 40.2 Å². The van der Waals surface area contributed by atoms with Crippen molar-refractivity contribution >= 4 is 49.9 Å². The highest BCUT2D eigenvalue weighted by Crippen LogP contribution is 2.37. The van der Waals surface area contributed by atoms with E-state index in [4.69, 9.17) is 4.98 Å². The van der Waals surface area contributed by atoms with Gasteiger partial charge in [0.2, 0.25) is 0 Å². The number of hydrogen-bond acceptors (Lipinski definition) is 6. The van der Waals surface area contributed by atoms with Crippen LogP contribution < -0.4 is 0 Å². The van der Waals surface area contributed by atoms with Crippen molar-refractivity contribution in [2.45, 2.75) is 0 Å². The molecule has 6 rings (SSSR count). The summed E-state index contributed by atoms with van der Waals surface area (Å²) in [5, 5.41) is 12.8. The average Bonchev–Trinajstić information content (AvgIpc) is 3.47. The Bertz CT molecular complexity index is 1550. The van der Waals surface area contributed by atoms with Crippen LogP contribution in [0, 0.1) is 10.1 Å². The molecule has 1 N–H and O–H groups in total. The molecule has 4 heterocycles. The number of nitro benzene ring substituents is 1. The normalized spacial score (nSPS) is 11.5. The van der Waals surface area contributed by atoms with Crippen LogP contribution in [0.15, 0.2) is 73.1 Å². The average molecular weight is 423 g/mol. The molecule has 0 atom stereocenters. The molecule has 0 aliphatic heterocycles. The Balaban J connectivity index is 1.51. The number of H-pyrrole nitrogens is 1. The second-order valence-electron chi connectivity index (χ2n) is 7.08. The van der Waals surface area contributed by atoms with Crippen LogP contribution in [0.4, 0.5) is 5.69 Å². The van der Waals surface area contributed by atoms with Crippen molar-refractivity contribution in [2.24, 2.45) is 0 Å². The first-order valence-corrected chi connectivity index (χ1v) is 10.4. The first kappa shape index (κ1) is 17.7. The number of pyridine rings is 2. The lowest BCUT2D eigenvalue weighted by atomic mass is 10.1. The number of nitro groups is 1. The standard InChI is InChI=1S/C23H13N5O2S/c29-28(30)14-7-5-13(6-8-14)17-9-10-18(31-17)23-26-21-15-3-1-11-24-19(15)20-16(22(21)27-23)4-2-12-25-20/h1-12H,(H,26,27). The Kier molecular flexibility index (Phi) is 3.81. The number of nitrogens with one attached hydrogen (secondary N) is 1. The molecule has 0 saturated carbocycles. The third kappa shape index (κ3) is 2.77. The molecule has 8 heteroatoms. The van der Waals surface area contributed by atoms with E-state index in [1.54, 1.807) is 35.9 Å². The number of nitrogens with zero attached hydrogens (tertiary/aromatic N) is 4. The van der Waals surface area contributed by atoms with E-state index in [0.29, 0.717) is 0 Å². The van der Waals surface area contributed by atoms with Gasteiger partial charge in [0.15, 0.2) is 0 Å². The first-order valence-electron chi connectivity index (χ1n) is 9.55. The SMILES string of the molecule is O=[N+]([O-])c1ccc(-c2ccc(-c3nc4c5cccnc5c5ncccc5c4[nH]3)s2)cc1. The van der Waals surface area contributed by atoms with Gasteiger partial charge < -0.3 is 4.98 Å². The Morgan fingerprint density at radius 1 is 0.806 bits per heavy atom. The maximum Gasteiger partial charge on any atom is 0.269 e. The van der Waals surface area contributed by atoms with Gasteiger partial charge in [-0.15, -0.1) is 11.3 Å². The summed E-state index contributed by atoms with van der Waals surface area (Å²) in [6.07, 6.45) is 3.54. The quantitative estimate of drug-likeness (QED) is 0.215. The number of imidazole rings is 1. The zero-order chi connectivity index (χ0) is 20.9. The predicted molar refractivity (Wildman–Crippen MR) is 122 cm³/mol. The minimum Gasteiger partial charge on any atom is -0.337 e. The van der Waals surface area contributed by atoms with Crippen molar-refractivity contribution in [2.75, 3.05) is 0 Å². The van der Waals surface area contributed by atoms with Gasteiger partial charge in [-0.25, -0.2) is 4.98 Å². The monoisotopic (exact) mass is 423 g/mol. The molecule has 31 heavy (non-hydrogen) atoms. The van der Waals surface area contributed by atoms with E-state index >= 15 is 0 Å². The van der Waals surface area contributed by atoms with Crippen LogP contribution in [0.2, 0.25) is 0 Å². The van der Waals surface area contributed by atoms with Crippen molar-refractivity contribution < 1.29 is 4.92 Å². The van der Waals surface area contributed by atoms with Crippen molar-refractivity contribution in [1.29, 1.82) is 0 Å². The molecule has 2 aromatic carbocycles. The fraction of sp³-hybridized carbons (Fsp3) is 0. The molecule has 0 aliphatic carbocycles. The third-order valence-electron chi connectivity index (χ3n) is 5.27. The van der Waals surface area contributed by atoms with Crippen LogP contribution in [0.1, 0.15) is 0 Å². The number of aromatic nitrogens is 4. The molecule has 0 radical (unpaired) electrons. The van der Waals surface area contributed by atoms with Crippen molar-refractivity contribution in [3.05, 3.63) is 83.2 Å². The van der Waals surface area contributed by atoms with E-state index in [1.807, 2.05) is 36.4 Å². The smallest absolute Gasteiger partial charge is 0.269 e. The highest BCUT2D eigenvalue weighted by molar-refractivity contribution is 7.18. The molecule has 4 aromatic heterocycles. The maximum atomic E-state index is 10.9. The van der Waals surface area contributed by atoms with Gasteiger partial charge in [-0.2, -0.15) is 0 Å². The molecule has 148 valence electrons. The number of rotatable bonds is 3. The van der Waals surface area contributed by atoms with Gasteiger partial charge in [0.05, 0.1) is 31.9 Å². The summed E-state index contributed by atoms with van der Waals surface area (Å²) in [6.45, 7) is 0. The van der Waals surface area contributed by atoms with Gasteiger partial charge in [0.25, 0.3) is 5.69 Å². The number of fused-ring (bicyclic) bond motifs is 6. The Labute approximate surface area is 179 Å². The zero-order valence-corrected chi connectivity index (χ0v) is 16.8. The molecule has 0 bridgehead atoms. The highest BCUT2D eigenvalue weighted by Gasteiger charge is 2.16. The Morgan fingerprint density at radius 2 is 1.48 bits per heavy atom. The summed E-state index contributed by atoms with van der Waals surface area (Å²) in [5.74, 6) is 0.773. The molecular formula is C23H13N5O2S. The summed E-state index contributed by atoms with van der Waals surface area (Å²) in [6, 6.07) is 18.5. The molecular weight excluding hydrogens is 410 g/mol. The molecule has 0 unspecified atom stereocenters. The van der Waals surface area contributed by atoms with E-state index in [0.717, 1.165) is 54.0 Å². The molecule has 0 fully saturated rings. The summed E-state index contributed by atoms with van der Waals surface area (Å²) in [7, 11) is 0. The molecule has 0 saturated heterocycles. The van der Waals surface area contributed by atoms with Crippen LogP contribution in [-0.2, 0) is 0 Å². The molecule has 0 amide bonds. The minimum absolute atomic E-state index is 0.0822. The third-order valence-corrected chi connectivity index (χ3v) is 6.41. The number of thiophene rings is 1. The summed E-state index contributed by atoms with van der Waals surface area (Å²) in [4.78, 5) is 30.0. The molecule has 7 nitrogen and oxygen atoms in total. The van der Waals surface area contributed by atoms with Crippen molar-refractivity contribution in [3.63, 3.8) is 0 Å². The second-order valence-corrected chi connectivity index (χ2v) is 8.16. The fourth-order valence-electron chi connectivity index (χ4n) is 3.83. The Hall–Kier alpha value is -4.17. The van der Waals surface area contributed by atoms with E-state index < -0.39 is 4.92 Å². The van der Waals surface area contributed by atoms with E-state index in [2.05, 4.69) is 15.0 Å². The highest BCUT2D eigenvalue weighted by atomic mass is 32.1. The lowest BCUT2D eigenvalue weighted by Crippen LogP contribution is -1.86.